The summed E-state index contributed by atoms with van der Waals surface area (Å²) >= 11 is 0. The van der Waals surface area contributed by atoms with Gasteiger partial charge in [-0.3, -0.25) is 10.0 Å². The third-order valence-corrected chi connectivity index (χ3v) is 5.58. The van der Waals surface area contributed by atoms with Gasteiger partial charge in [-0.15, -0.1) is 0 Å². The first kappa shape index (κ1) is 21.6. The van der Waals surface area contributed by atoms with Crippen molar-refractivity contribution in [3.8, 4) is 0 Å². The number of hydrogen-bond donors (Lipinski definition) is 4. The van der Waals surface area contributed by atoms with Crippen LogP contribution in [0.25, 0.3) is 0 Å². The van der Waals surface area contributed by atoms with Crippen molar-refractivity contribution in [2.75, 3.05) is 6.61 Å². The van der Waals surface area contributed by atoms with E-state index in [0.717, 1.165) is 23.5 Å². The predicted molar refractivity (Wildman–Crippen MR) is 114 cm³/mol. The van der Waals surface area contributed by atoms with Crippen molar-refractivity contribution >= 4 is 11.6 Å². The van der Waals surface area contributed by atoms with Crippen LogP contribution < -0.4 is 15.4 Å². The number of rotatable bonds is 6. The van der Waals surface area contributed by atoms with E-state index < -0.39 is 5.91 Å². The summed E-state index contributed by atoms with van der Waals surface area (Å²) < 4.78 is 6.49. The average molecular weight is 412 g/mol. The molecule has 7 heteroatoms. The molecule has 0 aromatic carbocycles. The van der Waals surface area contributed by atoms with Gasteiger partial charge in [-0.25, -0.2) is 0 Å². The van der Waals surface area contributed by atoms with Crippen LogP contribution in [0.4, 0.5) is 0 Å². The smallest absolute Gasteiger partial charge is 0.325 e. The quantitative estimate of drug-likeness (QED) is 0.427. The van der Waals surface area contributed by atoms with Crippen molar-refractivity contribution in [2.24, 2.45) is 5.92 Å². The van der Waals surface area contributed by atoms with Crippen LogP contribution in [0, 0.1) is 18.3 Å². The van der Waals surface area contributed by atoms with E-state index in [9.17, 15) is 10.0 Å². The Morgan fingerprint density at radius 2 is 2.03 bits per heavy atom. The Bertz CT molecular complexity index is 909. The van der Waals surface area contributed by atoms with Crippen molar-refractivity contribution in [3.05, 3.63) is 65.0 Å². The Balaban J connectivity index is 1.79. The highest BCUT2D eigenvalue weighted by Gasteiger charge is 2.25. The third-order valence-electron chi connectivity index (χ3n) is 5.58. The first-order chi connectivity index (χ1) is 14.4. The maximum Gasteiger partial charge on any atom is 0.325 e. The number of amides is 1. The Kier molecular flexibility index (Phi) is 6.92. The largest absolute Gasteiger partial charge is 0.492 e. The van der Waals surface area contributed by atoms with Gasteiger partial charge in [-0.1, -0.05) is 6.92 Å². The van der Waals surface area contributed by atoms with Gasteiger partial charge in [0.1, 0.15) is 5.76 Å². The molecule has 2 aliphatic carbocycles. The molecule has 30 heavy (non-hydrogen) atoms. The lowest BCUT2D eigenvalue weighted by Gasteiger charge is -2.27. The van der Waals surface area contributed by atoms with Crippen molar-refractivity contribution in [1.82, 2.24) is 10.6 Å². The minimum absolute atomic E-state index is 0.118. The molecule has 0 unspecified atom stereocenters. The van der Waals surface area contributed by atoms with E-state index in [0.29, 0.717) is 41.1 Å². The molecule has 0 radical (unpaired) electrons. The number of ether oxygens (including phenoxy) is 1. The standard InChI is InChI=1S/C23H30N4O3/c1-4-30-22-13-19(24)17(14-25-18-10-8-15(2)9-11-18)12-20(22)26-23(28)21-7-5-6-16(3)27(21)29/h5-7,12-15,18,24,28-29H,4,8-11H2,1-3H3/p+1/t15-,18-. The topological polar surface area (TPSA) is 98.3 Å². The van der Waals surface area contributed by atoms with Crippen LogP contribution >= 0.6 is 0 Å². The van der Waals surface area contributed by atoms with Crippen LogP contribution in [0.15, 0.2) is 53.6 Å². The van der Waals surface area contributed by atoms with E-state index >= 15 is 0 Å². The highest BCUT2D eigenvalue weighted by Crippen LogP contribution is 2.24. The minimum atomic E-state index is -0.458. The predicted octanol–water partition coefficient (Wildman–Crippen LogP) is 3.14. The second kappa shape index (κ2) is 9.61. The first-order valence-electron chi connectivity index (χ1n) is 10.5. The van der Waals surface area contributed by atoms with E-state index in [1.54, 1.807) is 37.3 Å². The molecular weight excluding hydrogens is 380 g/mol. The van der Waals surface area contributed by atoms with E-state index in [1.807, 2.05) is 13.1 Å². The molecule has 0 spiro atoms. The van der Waals surface area contributed by atoms with E-state index in [1.165, 1.54) is 12.8 Å². The monoisotopic (exact) mass is 411 g/mol. The van der Waals surface area contributed by atoms with Crippen LogP contribution in [0.2, 0.25) is 0 Å². The lowest BCUT2D eigenvalue weighted by atomic mass is 9.87. The number of nitrogens with zero attached hydrogens (tertiary/aromatic N) is 1. The van der Waals surface area contributed by atoms with Crippen molar-refractivity contribution in [2.45, 2.75) is 52.5 Å². The maximum atomic E-state index is 12.8. The first-order valence-corrected chi connectivity index (χ1v) is 10.5. The van der Waals surface area contributed by atoms with E-state index in [4.69, 9.17) is 10.1 Å². The number of carbonyl (C=O) groups excluding carboxylic acids is 1. The number of pyridine rings is 1. The van der Waals surface area contributed by atoms with Crippen LogP contribution in [0.1, 0.15) is 55.7 Å². The normalized spacial score (nSPS) is 22.9. The number of aromatic nitrogens is 1. The molecule has 0 atom stereocenters. The van der Waals surface area contributed by atoms with Crippen LogP contribution in [0.3, 0.4) is 0 Å². The van der Waals surface area contributed by atoms with Gasteiger partial charge < -0.3 is 20.8 Å². The van der Waals surface area contributed by atoms with Crippen molar-refractivity contribution in [1.29, 1.82) is 5.41 Å². The van der Waals surface area contributed by atoms with Gasteiger partial charge in [-0.2, -0.15) is 0 Å². The third kappa shape index (κ3) is 5.09. The zero-order valence-corrected chi connectivity index (χ0v) is 17.9. The molecule has 0 bridgehead atoms. The second-order valence-corrected chi connectivity index (χ2v) is 7.95. The van der Waals surface area contributed by atoms with Crippen molar-refractivity contribution in [3.63, 3.8) is 0 Å². The zero-order valence-electron chi connectivity index (χ0n) is 17.9. The molecule has 2 aliphatic rings. The Labute approximate surface area is 177 Å². The number of aryl methyl sites for hydroxylation is 1. The van der Waals surface area contributed by atoms with Gasteiger partial charge in [0.2, 0.25) is 5.69 Å². The fourth-order valence-electron chi connectivity index (χ4n) is 3.69. The summed E-state index contributed by atoms with van der Waals surface area (Å²) in [4.78, 5) is 12.8. The Morgan fingerprint density at radius 3 is 2.73 bits per heavy atom. The number of carbonyl (C=O) groups is 1. The second-order valence-electron chi connectivity index (χ2n) is 7.95. The van der Waals surface area contributed by atoms with Crippen LogP contribution in [-0.2, 0) is 4.74 Å². The molecule has 3 rings (SSSR count). The fourth-order valence-corrected chi connectivity index (χ4v) is 3.69. The van der Waals surface area contributed by atoms with Gasteiger partial charge in [0.05, 0.1) is 18.0 Å². The van der Waals surface area contributed by atoms with Crippen LogP contribution in [0.5, 0.6) is 0 Å². The molecule has 160 valence electrons. The SMILES string of the molecule is CCOC1=CC(=N)/C(=C\N[C@H]2CC[C@H](C)CC2)C=C1NC(=O)c1cccc(C)[n+]1O. The summed E-state index contributed by atoms with van der Waals surface area (Å²) in [5, 5.41) is 24.7. The van der Waals surface area contributed by atoms with Gasteiger partial charge in [0.15, 0.2) is 0 Å². The lowest BCUT2D eigenvalue weighted by molar-refractivity contribution is -0.909. The summed E-state index contributed by atoms with van der Waals surface area (Å²) in [7, 11) is 0. The molecule has 1 saturated carbocycles. The average Bonchev–Trinajstić information content (AvgIpc) is 2.72. The summed E-state index contributed by atoms with van der Waals surface area (Å²) in [5.41, 5.74) is 2.13. The Morgan fingerprint density at radius 1 is 1.30 bits per heavy atom. The summed E-state index contributed by atoms with van der Waals surface area (Å²) in [5.74, 6) is 0.745. The van der Waals surface area contributed by atoms with Gasteiger partial charge in [-0.05, 0) is 50.7 Å². The molecule has 1 fully saturated rings. The zero-order chi connectivity index (χ0) is 21.7. The molecule has 4 N–H and O–H groups in total. The highest BCUT2D eigenvalue weighted by molar-refractivity contribution is 6.10. The number of nitrogens with one attached hydrogen (secondary N) is 3. The molecule has 1 aromatic rings. The maximum absolute atomic E-state index is 12.8. The van der Waals surface area contributed by atoms with Crippen LogP contribution in [-0.4, -0.2) is 29.5 Å². The summed E-state index contributed by atoms with van der Waals surface area (Å²) in [6.45, 7) is 6.26. The van der Waals surface area contributed by atoms with Crippen molar-refractivity contribution < 1.29 is 19.5 Å². The molecular formula is C23H31N4O3+. The summed E-state index contributed by atoms with van der Waals surface area (Å²) in [6, 6.07) is 5.37. The lowest BCUT2D eigenvalue weighted by Crippen LogP contribution is -2.44. The fraction of sp³-hybridized carbons (Fsp3) is 0.435. The summed E-state index contributed by atoms with van der Waals surface area (Å²) in [6.07, 6.45) is 9.86. The van der Waals surface area contributed by atoms with E-state index in [2.05, 4.69) is 17.6 Å². The molecule has 0 saturated heterocycles. The molecule has 7 nitrogen and oxygen atoms in total. The molecule has 1 heterocycles. The molecule has 0 aliphatic heterocycles. The minimum Gasteiger partial charge on any atom is -0.492 e. The number of allylic oxidation sites excluding steroid dienone is 3. The number of hydrogen-bond acceptors (Lipinski definition) is 5. The Hall–Kier alpha value is -3.09. The molecule has 1 amide bonds. The highest BCUT2D eigenvalue weighted by atomic mass is 16.5. The van der Waals surface area contributed by atoms with Gasteiger partial charge in [0, 0.05) is 47.7 Å². The van der Waals surface area contributed by atoms with Gasteiger partial charge >= 0.3 is 11.6 Å². The van der Waals surface area contributed by atoms with E-state index in [-0.39, 0.29) is 5.69 Å². The molecule has 1 aromatic heterocycles. The van der Waals surface area contributed by atoms with Gasteiger partial charge in [0.25, 0.3) is 0 Å².